The Morgan fingerprint density at radius 1 is 1.56 bits per heavy atom. The van der Waals surface area contributed by atoms with Crippen LogP contribution in [0, 0.1) is 6.92 Å². The summed E-state index contributed by atoms with van der Waals surface area (Å²) in [5, 5.41) is 7.31. The lowest BCUT2D eigenvalue weighted by atomic mass is 10.1. The van der Waals surface area contributed by atoms with Crippen LogP contribution >= 0.6 is 23.7 Å². The van der Waals surface area contributed by atoms with Crippen molar-refractivity contribution in [3.8, 4) is 0 Å². The number of hydrogen-bond donors (Lipinski definition) is 1. The highest BCUT2D eigenvalue weighted by Gasteiger charge is 2.22. The number of piperazine rings is 1. The van der Waals surface area contributed by atoms with Gasteiger partial charge in [-0.25, -0.2) is 0 Å². The average Bonchev–Trinajstić information content (AvgIpc) is 2.63. The van der Waals surface area contributed by atoms with Crippen LogP contribution < -0.4 is 5.32 Å². The average molecular weight is 261 g/mol. The minimum absolute atomic E-state index is 0. The van der Waals surface area contributed by atoms with Crippen molar-refractivity contribution in [1.29, 1.82) is 0 Å². The van der Waals surface area contributed by atoms with E-state index in [9.17, 15) is 4.79 Å². The van der Waals surface area contributed by atoms with Gasteiger partial charge in [-0.1, -0.05) is 0 Å². The molecule has 1 aromatic heterocycles. The highest BCUT2D eigenvalue weighted by Crippen LogP contribution is 2.16. The maximum absolute atomic E-state index is 12.1. The van der Waals surface area contributed by atoms with Gasteiger partial charge >= 0.3 is 0 Å². The third-order valence-corrected chi connectivity index (χ3v) is 3.60. The van der Waals surface area contributed by atoms with E-state index >= 15 is 0 Å². The molecule has 1 aliphatic rings. The standard InChI is InChI=1S/C11H16N2OS.ClH/c1-8-6-15-7-10(8)11(14)13-4-3-12-9(2)5-13;/h6-7,9,12H,3-5H2,1-2H3;1H. The van der Waals surface area contributed by atoms with Crippen LogP contribution in [0.2, 0.25) is 0 Å². The fourth-order valence-corrected chi connectivity index (χ4v) is 2.69. The van der Waals surface area contributed by atoms with Gasteiger partial charge in [0.05, 0.1) is 5.56 Å². The normalized spacial score (nSPS) is 20.4. The number of rotatable bonds is 1. The highest BCUT2D eigenvalue weighted by atomic mass is 35.5. The second-order valence-corrected chi connectivity index (χ2v) is 4.82. The van der Waals surface area contributed by atoms with E-state index in [0.717, 1.165) is 30.8 Å². The molecule has 3 nitrogen and oxygen atoms in total. The van der Waals surface area contributed by atoms with Crippen LogP contribution in [0.15, 0.2) is 10.8 Å². The minimum Gasteiger partial charge on any atom is -0.336 e. The number of amides is 1. The van der Waals surface area contributed by atoms with Gasteiger partial charge in [0, 0.05) is 31.1 Å². The SMILES string of the molecule is Cc1cscc1C(=O)N1CCNC(C)C1.Cl. The van der Waals surface area contributed by atoms with Crippen molar-refractivity contribution >= 4 is 29.7 Å². The lowest BCUT2D eigenvalue weighted by Crippen LogP contribution is -2.51. The Morgan fingerprint density at radius 3 is 2.88 bits per heavy atom. The first-order valence-corrected chi connectivity index (χ1v) is 6.18. The van der Waals surface area contributed by atoms with E-state index in [2.05, 4.69) is 12.2 Å². The van der Waals surface area contributed by atoms with Crippen LogP contribution in [0.25, 0.3) is 0 Å². The summed E-state index contributed by atoms with van der Waals surface area (Å²) in [4.78, 5) is 14.1. The molecule has 2 heterocycles. The van der Waals surface area contributed by atoms with Crippen molar-refractivity contribution in [2.75, 3.05) is 19.6 Å². The molecule has 0 spiro atoms. The molecule has 1 unspecified atom stereocenters. The van der Waals surface area contributed by atoms with E-state index in [4.69, 9.17) is 0 Å². The fourth-order valence-electron chi connectivity index (χ4n) is 1.87. The summed E-state index contributed by atoms with van der Waals surface area (Å²) >= 11 is 1.60. The summed E-state index contributed by atoms with van der Waals surface area (Å²) in [6.45, 7) is 6.64. The highest BCUT2D eigenvalue weighted by molar-refractivity contribution is 7.08. The molecule has 1 atom stereocenters. The van der Waals surface area contributed by atoms with Crippen molar-refractivity contribution in [1.82, 2.24) is 10.2 Å². The van der Waals surface area contributed by atoms with Crippen molar-refractivity contribution in [3.63, 3.8) is 0 Å². The molecule has 90 valence electrons. The Labute approximate surface area is 106 Å². The number of carbonyl (C=O) groups is 1. The molecule has 2 rings (SSSR count). The molecule has 1 fully saturated rings. The van der Waals surface area contributed by atoms with Gasteiger partial charge in [0.1, 0.15) is 0 Å². The van der Waals surface area contributed by atoms with E-state index in [1.54, 1.807) is 11.3 Å². The van der Waals surface area contributed by atoms with Gasteiger partial charge in [-0.05, 0) is 24.8 Å². The van der Waals surface area contributed by atoms with Crippen LogP contribution in [0.3, 0.4) is 0 Å². The number of nitrogens with one attached hydrogen (secondary N) is 1. The number of carbonyl (C=O) groups excluding carboxylic acids is 1. The molecule has 1 amide bonds. The van der Waals surface area contributed by atoms with E-state index < -0.39 is 0 Å². The predicted octanol–water partition coefficient (Wildman–Crippen LogP) is 1.91. The van der Waals surface area contributed by atoms with Crippen molar-refractivity contribution in [2.45, 2.75) is 19.9 Å². The van der Waals surface area contributed by atoms with E-state index in [1.807, 2.05) is 22.6 Å². The number of thiophene rings is 1. The molecule has 1 saturated heterocycles. The second-order valence-electron chi connectivity index (χ2n) is 4.07. The minimum atomic E-state index is 0. The van der Waals surface area contributed by atoms with Gasteiger partial charge in [-0.3, -0.25) is 4.79 Å². The van der Waals surface area contributed by atoms with Crippen LogP contribution in [0.1, 0.15) is 22.8 Å². The van der Waals surface area contributed by atoms with Crippen LogP contribution in [-0.4, -0.2) is 36.5 Å². The molecule has 1 aromatic rings. The molecule has 0 saturated carbocycles. The third-order valence-electron chi connectivity index (χ3n) is 2.74. The molecule has 0 aliphatic carbocycles. The summed E-state index contributed by atoms with van der Waals surface area (Å²) in [7, 11) is 0. The molecule has 0 aromatic carbocycles. The Hall–Kier alpha value is -0.580. The number of hydrogen-bond acceptors (Lipinski definition) is 3. The maximum Gasteiger partial charge on any atom is 0.255 e. The molecule has 0 bridgehead atoms. The lowest BCUT2D eigenvalue weighted by Gasteiger charge is -2.31. The van der Waals surface area contributed by atoms with Gasteiger partial charge in [0.25, 0.3) is 5.91 Å². The van der Waals surface area contributed by atoms with E-state index in [-0.39, 0.29) is 18.3 Å². The zero-order valence-electron chi connectivity index (χ0n) is 9.53. The number of halogens is 1. The summed E-state index contributed by atoms with van der Waals surface area (Å²) in [6, 6.07) is 0.404. The summed E-state index contributed by atoms with van der Waals surface area (Å²) in [5.41, 5.74) is 1.96. The Kier molecular flexibility index (Phi) is 4.77. The predicted molar refractivity (Wildman–Crippen MR) is 69.7 cm³/mol. The summed E-state index contributed by atoms with van der Waals surface area (Å²) < 4.78 is 0. The zero-order valence-corrected chi connectivity index (χ0v) is 11.2. The van der Waals surface area contributed by atoms with Crippen molar-refractivity contribution in [2.24, 2.45) is 0 Å². The largest absolute Gasteiger partial charge is 0.336 e. The fraction of sp³-hybridized carbons (Fsp3) is 0.545. The first-order valence-electron chi connectivity index (χ1n) is 5.24. The summed E-state index contributed by atoms with van der Waals surface area (Å²) in [6.07, 6.45) is 0. The maximum atomic E-state index is 12.1. The van der Waals surface area contributed by atoms with Crippen LogP contribution in [0.4, 0.5) is 0 Å². The molecule has 0 radical (unpaired) electrons. The Morgan fingerprint density at radius 2 is 2.31 bits per heavy atom. The van der Waals surface area contributed by atoms with Gasteiger partial charge in [0.2, 0.25) is 0 Å². The van der Waals surface area contributed by atoms with Gasteiger partial charge < -0.3 is 10.2 Å². The monoisotopic (exact) mass is 260 g/mol. The van der Waals surface area contributed by atoms with Crippen molar-refractivity contribution < 1.29 is 4.79 Å². The molecular weight excluding hydrogens is 244 g/mol. The quantitative estimate of drug-likeness (QED) is 0.837. The molecule has 1 N–H and O–H groups in total. The molecular formula is C11H17ClN2OS. The van der Waals surface area contributed by atoms with Gasteiger partial charge in [0.15, 0.2) is 0 Å². The zero-order chi connectivity index (χ0) is 10.8. The second kappa shape index (κ2) is 5.66. The first kappa shape index (κ1) is 13.5. The number of nitrogens with zero attached hydrogens (tertiary/aromatic N) is 1. The molecule has 16 heavy (non-hydrogen) atoms. The molecule has 5 heteroatoms. The van der Waals surface area contributed by atoms with Crippen molar-refractivity contribution in [3.05, 3.63) is 21.9 Å². The lowest BCUT2D eigenvalue weighted by molar-refractivity contribution is 0.0709. The molecule has 1 aliphatic heterocycles. The topological polar surface area (TPSA) is 32.3 Å². The van der Waals surface area contributed by atoms with E-state index in [0.29, 0.717) is 6.04 Å². The Bertz CT molecular complexity index is 367. The smallest absolute Gasteiger partial charge is 0.255 e. The van der Waals surface area contributed by atoms with Crippen LogP contribution in [0.5, 0.6) is 0 Å². The third kappa shape index (κ3) is 2.75. The summed E-state index contributed by atoms with van der Waals surface area (Å²) in [5.74, 6) is 0.183. The Balaban J connectivity index is 0.00000128. The number of aryl methyl sites for hydroxylation is 1. The van der Waals surface area contributed by atoms with E-state index in [1.165, 1.54) is 0 Å². The van der Waals surface area contributed by atoms with Crippen LogP contribution in [-0.2, 0) is 0 Å². The van der Waals surface area contributed by atoms with Gasteiger partial charge in [-0.2, -0.15) is 11.3 Å². The first-order chi connectivity index (χ1) is 7.18. The van der Waals surface area contributed by atoms with Gasteiger partial charge in [-0.15, -0.1) is 12.4 Å².